The van der Waals surface area contributed by atoms with Gasteiger partial charge in [-0.15, -0.1) is 0 Å². The molecule has 0 saturated heterocycles. The number of pyridine rings is 1. The van der Waals surface area contributed by atoms with Crippen LogP contribution in [0, 0.1) is 0 Å². The van der Waals surface area contributed by atoms with Crippen LogP contribution in [0.25, 0.3) is 0 Å². The zero-order valence-corrected chi connectivity index (χ0v) is 14.9. The number of likely N-dealkylation sites (N-methyl/N-ethyl adjacent to an activating group) is 1. The predicted octanol–water partition coefficient (Wildman–Crippen LogP) is 2.52. The van der Waals surface area contributed by atoms with Gasteiger partial charge in [0.15, 0.2) is 0 Å². The molecule has 1 aromatic carbocycles. The molecule has 2 rings (SSSR count). The van der Waals surface area contributed by atoms with E-state index >= 15 is 0 Å². The van der Waals surface area contributed by atoms with Crippen molar-refractivity contribution in [2.75, 3.05) is 20.1 Å². The van der Waals surface area contributed by atoms with Gasteiger partial charge in [0, 0.05) is 39.1 Å². The number of carbonyl (C=O) groups excluding carboxylic acids is 2. The number of nitrogens with zero attached hydrogens (tertiary/aromatic N) is 3. The molecule has 0 aliphatic rings. The molecule has 0 spiro atoms. The SMILES string of the molecule is CCN(Cc1ccccc1)C(=O)CC(=O)N(C)CCc1ccncc1. The molecule has 1 heterocycles. The molecule has 0 aliphatic carbocycles. The van der Waals surface area contributed by atoms with E-state index in [2.05, 4.69) is 4.98 Å². The van der Waals surface area contributed by atoms with Crippen LogP contribution in [0.15, 0.2) is 54.9 Å². The number of carbonyl (C=O) groups is 2. The van der Waals surface area contributed by atoms with Crippen LogP contribution in [-0.4, -0.2) is 46.7 Å². The third-order valence-corrected chi connectivity index (χ3v) is 4.16. The van der Waals surface area contributed by atoms with Gasteiger partial charge in [-0.25, -0.2) is 0 Å². The van der Waals surface area contributed by atoms with Crippen LogP contribution in [0.1, 0.15) is 24.5 Å². The van der Waals surface area contributed by atoms with Crippen molar-refractivity contribution in [3.63, 3.8) is 0 Å². The predicted molar refractivity (Wildman–Crippen MR) is 97.7 cm³/mol. The summed E-state index contributed by atoms with van der Waals surface area (Å²) >= 11 is 0. The highest BCUT2D eigenvalue weighted by molar-refractivity contribution is 5.96. The minimum Gasteiger partial charge on any atom is -0.345 e. The van der Waals surface area contributed by atoms with E-state index < -0.39 is 0 Å². The first-order valence-electron chi connectivity index (χ1n) is 8.54. The third kappa shape index (κ3) is 6.03. The maximum absolute atomic E-state index is 12.4. The topological polar surface area (TPSA) is 53.5 Å². The van der Waals surface area contributed by atoms with Crippen molar-refractivity contribution >= 4 is 11.8 Å². The van der Waals surface area contributed by atoms with Gasteiger partial charge in [-0.05, 0) is 36.6 Å². The van der Waals surface area contributed by atoms with Gasteiger partial charge < -0.3 is 9.80 Å². The lowest BCUT2D eigenvalue weighted by Gasteiger charge is -2.23. The first-order valence-corrected chi connectivity index (χ1v) is 8.54. The Bertz CT molecular complexity index is 674. The normalized spacial score (nSPS) is 10.3. The number of hydrogen-bond acceptors (Lipinski definition) is 3. The number of aromatic nitrogens is 1. The van der Waals surface area contributed by atoms with Crippen LogP contribution in [0.5, 0.6) is 0 Å². The highest BCUT2D eigenvalue weighted by Gasteiger charge is 2.18. The first kappa shape index (κ1) is 18.6. The van der Waals surface area contributed by atoms with Crippen molar-refractivity contribution in [3.8, 4) is 0 Å². The van der Waals surface area contributed by atoms with Crippen LogP contribution in [-0.2, 0) is 22.6 Å². The van der Waals surface area contributed by atoms with Gasteiger partial charge in [0.25, 0.3) is 0 Å². The summed E-state index contributed by atoms with van der Waals surface area (Å²) in [4.78, 5) is 32.1. The average Bonchev–Trinajstić information content (AvgIpc) is 2.65. The van der Waals surface area contributed by atoms with Crippen LogP contribution in [0.2, 0.25) is 0 Å². The number of hydrogen-bond donors (Lipinski definition) is 0. The molecule has 0 radical (unpaired) electrons. The van der Waals surface area contributed by atoms with Gasteiger partial charge in [-0.1, -0.05) is 30.3 Å². The molecular weight excluding hydrogens is 314 g/mol. The van der Waals surface area contributed by atoms with Gasteiger partial charge in [0.2, 0.25) is 11.8 Å². The summed E-state index contributed by atoms with van der Waals surface area (Å²) in [6.45, 7) is 3.63. The molecule has 5 nitrogen and oxygen atoms in total. The minimum absolute atomic E-state index is 0.0898. The Balaban J connectivity index is 1.83. The summed E-state index contributed by atoms with van der Waals surface area (Å²) in [7, 11) is 1.74. The second kappa shape index (κ2) is 9.57. The minimum atomic E-state index is -0.148. The van der Waals surface area contributed by atoms with Crippen LogP contribution in [0.3, 0.4) is 0 Å². The lowest BCUT2D eigenvalue weighted by atomic mass is 10.2. The zero-order chi connectivity index (χ0) is 18.1. The van der Waals surface area contributed by atoms with Crippen molar-refractivity contribution in [2.24, 2.45) is 0 Å². The van der Waals surface area contributed by atoms with Crippen LogP contribution >= 0.6 is 0 Å². The maximum Gasteiger partial charge on any atom is 0.232 e. The molecule has 0 atom stereocenters. The molecular formula is C20H25N3O2. The van der Waals surface area contributed by atoms with E-state index in [-0.39, 0.29) is 18.2 Å². The summed E-state index contributed by atoms with van der Waals surface area (Å²) in [5, 5.41) is 0. The van der Waals surface area contributed by atoms with Crippen molar-refractivity contribution in [1.29, 1.82) is 0 Å². The Morgan fingerprint density at radius 1 is 0.960 bits per heavy atom. The van der Waals surface area contributed by atoms with Crippen molar-refractivity contribution in [2.45, 2.75) is 26.3 Å². The summed E-state index contributed by atoms with van der Waals surface area (Å²) in [6.07, 6.45) is 4.14. The molecule has 1 aromatic heterocycles. The van der Waals surface area contributed by atoms with E-state index in [0.29, 0.717) is 19.6 Å². The van der Waals surface area contributed by atoms with E-state index in [0.717, 1.165) is 17.5 Å². The molecule has 2 aromatic rings. The molecule has 0 bridgehead atoms. The van der Waals surface area contributed by atoms with Gasteiger partial charge in [0.05, 0.1) is 0 Å². The lowest BCUT2D eigenvalue weighted by molar-refractivity contribution is -0.140. The molecule has 0 saturated carbocycles. The number of amides is 2. The first-order chi connectivity index (χ1) is 12.1. The van der Waals surface area contributed by atoms with Crippen molar-refractivity contribution < 1.29 is 9.59 Å². The monoisotopic (exact) mass is 339 g/mol. The van der Waals surface area contributed by atoms with E-state index in [1.165, 1.54) is 0 Å². The summed E-state index contributed by atoms with van der Waals surface area (Å²) in [6, 6.07) is 13.7. The molecule has 0 fully saturated rings. The van der Waals surface area contributed by atoms with Gasteiger partial charge >= 0.3 is 0 Å². The average molecular weight is 339 g/mol. The summed E-state index contributed by atoms with van der Waals surface area (Å²) in [5.41, 5.74) is 2.19. The standard InChI is InChI=1S/C20H25N3O2/c1-3-23(16-18-7-5-4-6-8-18)20(25)15-19(24)22(2)14-11-17-9-12-21-13-10-17/h4-10,12-13H,3,11,14-16H2,1-2H3. The molecule has 0 aliphatic heterocycles. The van der Waals surface area contributed by atoms with Gasteiger partial charge in [-0.3, -0.25) is 14.6 Å². The number of rotatable bonds is 8. The molecule has 2 amide bonds. The summed E-state index contributed by atoms with van der Waals surface area (Å²) in [5.74, 6) is -0.280. The van der Waals surface area contributed by atoms with Crippen molar-refractivity contribution in [3.05, 3.63) is 66.0 Å². The lowest BCUT2D eigenvalue weighted by Crippen LogP contribution is -2.36. The Labute approximate surface area is 149 Å². The highest BCUT2D eigenvalue weighted by Crippen LogP contribution is 2.07. The fraction of sp³-hybridized carbons (Fsp3) is 0.350. The van der Waals surface area contributed by atoms with E-state index in [4.69, 9.17) is 0 Å². The molecule has 25 heavy (non-hydrogen) atoms. The second-order valence-corrected chi connectivity index (χ2v) is 5.99. The Morgan fingerprint density at radius 3 is 2.28 bits per heavy atom. The Kier molecular flexibility index (Phi) is 7.14. The fourth-order valence-electron chi connectivity index (χ4n) is 2.53. The van der Waals surface area contributed by atoms with Gasteiger partial charge in [0.1, 0.15) is 6.42 Å². The second-order valence-electron chi connectivity index (χ2n) is 5.99. The van der Waals surface area contributed by atoms with Crippen LogP contribution < -0.4 is 0 Å². The summed E-state index contributed by atoms with van der Waals surface area (Å²) < 4.78 is 0. The maximum atomic E-state index is 12.4. The van der Waals surface area contributed by atoms with Crippen LogP contribution in [0.4, 0.5) is 0 Å². The fourth-order valence-corrected chi connectivity index (χ4v) is 2.53. The Hall–Kier alpha value is -2.69. The Morgan fingerprint density at radius 2 is 1.64 bits per heavy atom. The van der Waals surface area contributed by atoms with Crippen molar-refractivity contribution in [1.82, 2.24) is 14.8 Å². The smallest absolute Gasteiger partial charge is 0.232 e. The number of benzene rings is 1. The third-order valence-electron chi connectivity index (χ3n) is 4.16. The largest absolute Gasteiger partial charge is 0.345 e. The highest BCUT2D eigenvalue weighted by atomic mass is 16.2. The molecule has 0 unspecified atom stereocenters. The molecule has 132 valence electrons. The molecule has 5 heteroatoms. The van der Waals surface area contributed by atoms with Gasteiger partial charge in [-0.2, -0.15) is 0 Å². The quantitative estimate of drug-likeness (QED) is 0.695. The van der Waals surface area contributed by atoms with E-state index in [1.807, 2.05) is 49.4 Å². The molecule has 0 N–H and O–H groups in total. The van der Waals surface area contributed by atoms with E-state index in [9.17, 15) is 9.59 Å². The van der Waals surface area contributed by atoms with E-state index in [1.54, 1.807) is 29.2 Å². The zero-order valence-electron chi connectivity index (χ0n) is 14.9.